The molecule has 2 aromatic rings. The Labute approximate surface area is 137 Å². The largest absolute Gasteiger partial charge is 0.394 e. The van der Waals surface area contributed by atoms with E-state index in [2.05, 4.69) is 15.3 Å². The maximum Gasteiger partial charge on any atom is 0.354 e. The molecule has 9 heteroatoms. The summed E-state index contributed by atoms with van der Waals surface area (Å²) < 4.78 is 6.27. The molecular weight excluding hydrogens is 316 g/mol. The summed E-state index contributed by atoms with van der Waals surface area (Å²) >= 11 is 0. The zero-order chi connectivity index (χ0) is 17.1. The average molecular weight is 334 g/mol. The Balaban J connectivity index is 1.72. The Morgan fingerprint density at radius 2 is 1.96 bits per heavy atom. The first-order valence-corrected chi connectivity index (χ1v) is 7.45. The molecule has 1 saturated heterocycles. The molecule has 2 heterocycles. The molecule has 24 heavy (non-hydrogen) atoms. The minimum Gasteiger partial charge on any atom is -0.394 e. The number of aliphatic hydroxyl groups is 3. The van der Waals surface area contributed by atoms with Gasteiger partial charge in [0.1, 0.15) is 24.6 Å². The smallest absolute Gasteiger partial charge is 0.354 e. The van der Waals surface area contributed by atoms with Gasteiger partial charge in [0, 0.05) is 6.54 Å². The van der Waals surface area contributed by atoms with Gasteiger partial charge in [0.2, 0.25) is 5.95 Å². The number of rotatable bonds is 5. The fourth-order valence-corrected chi connectivity index (χ4v) is 2.49. The lowest BCUT2D eigenvalue weighted by Crippen LogP contribution is -2.36. The Morgan fingerprint density at radius 3 is 2.58 bits per heavy atom. The van der Waals surface area contributed by atoms with Crippen LogP contribution in [0.4, 0.5) is 5.95 Å². The number of aliphatic hydroxyl groups excluding tert-OH is 3. The Kier molecular flexibility index (Phi) is 4.86. The van der Waals surface area contributed by atoms with Gasteiger partial charge >= 0.3 is 5.69 Å². The van der Waals surface area contributed by atoms with Crippen LogP contribution in [0.2, 0.25) is 0 Å². The lowest BCUT2D eigenvalue weighted by Gasteiger charge is -2.16. The topological polar surface area (TPSA) is 130 Å². The quantitative estimate of drug-likeness (QED) is 0.540. The van der Waals surface area contributed by atoms with Gasteiger partial charge in [-0.1, -0.05) is 30.3 Å². The lowest BCUT2D eigenvalue weighted by molar-refractivity contribution is -0.0554. The number of anilines is 1. The molecule has 128 valence electrons. The van der Waals surface area contributed by atoms with Gasteiger partial charge in [-0.05, 0) is 5.56 Å². The number of nitrogens with zero attached hydrogens (tertiary/aromatic N) is 3. The van der Waals surface area contributed by atoms with E-state index < -0.39 is 36.8 Å². The van der Waals surface area contributed by atoms with Gasteiger partial charge < -0.3 is 25.4 Å². The van der Waals surface area contributed by atoms with E-state index in [1.807, 2.05) is 30.3 Å². The molecule has 0 bridgehead atoms. The SMILES string of the molecule is O=c1nc(NCc2ccccc2)ncn1[C@@H]1O[C@H](CO)[C@@H](O)[C@H]1O. The minimum absolute atomic E-state index is 0.145. The highest BCUT2D eigenvalue weighted by Gasteiger charge is 2.43. The summed E-state index contributed by atoms with van der Waals surface area (Å²) in [4.78, 5) is 19.9. The van der Waals surface area contributed by atoms with E-state index in [1.165, 1.54) is 6.33 Å². The molecule has 3 rings (SSSR count). The predicted octanol–water partition coefficient (Wildman–Crippen LogP) is -1.14. The molecule has 0 saturated carbocycles. The van der Waals surface area contributed by atoms with Crippen LogP contribution in [0.5, 0.6) is 0 Å². The molecule has 9 nitrogen and oxygen atoms in total. The first-order chi connectivity index (χ1) is 11.6. The van der Waals surface area contributed by atoms with Crippen LogP contribution in [0, 0.1) is 0 Å². The first kappa shape index (κ1) is 16.5. The van der Waals surface area contributed by atoms with Crippen molar-refractivity contribution in [3.05, 3.63) is 52.7 Å². The van der Waals surface area contributed by atoms with E-state index in [4.69, 9.17) is 9.84 Å². The number of hydrogen-bond acceptors (Lipinski definition) is 8. The molecular formula is C15H18N4O5. The maximum atomic E-state index is 12.1. The monoisotopic (exact) mass is 334 g/mol. The van der Waals surface area contributed by atoms with Crippen LogP contribution in [0.3, 0.4) is 0 Å². The maximum absolute atomic E-state index is 12.1. The molecule has 1 aliphatic heterocycles. The van der Waals surface area contributed by atoms with Gasteiger partial charge in [0.25, 0.3) is 0 Å². The fraction of sp³-hybridized carbons (Fsp3) is 0.400. The molecule has 1 aromatic heterocycles. The van der Waals surface area contributed by atoms with Gasteiger partial charge in [0.05, 0.1) is 6.61 Å². The van der Waals surface area contributed by atoms with Crippen molar-refractivity contribution < 1.29 is 20.1 Å². The van der Waals surface area contributed by atoms with Crippen LogP contribution in [-0.2, 0) is 11.3 Å². The van der Waals surface area contributed by atoms with Crippen molar-refractivity contribution in [2.75, 3.05) is 11.9 Å². The molecule has 4 N–H and O–H groups in total. The molecule has 0 aliphatic carbocycles. The second kappa shape index (κ2) is 7.05. The summed E-state index contributed by atoms with van der Waals surface area (Å²) in [6, 6.07) is 9.55. The molecule has 1 aromatic carbocycles. The van der Waals surface area contributed by atoms with Gasteiger partial charge in [-0.2, -0.15) is 4.98 Å². The normalized spacial score (nSPS) is 26.5. The first-order valence-electron chi connectivity index (χ1n) is 7.45. The summed E-state index contributed by atoms with van der Waals surface area (Å²) in [7, 11) is 0. The predicted molar refractivity (Wildman–Crippen MR) is 83.1 cm³/mol. The van der Waals surface area contributed by atoms with E-state index in [9.17, 15) is 15.0 Å². The zero-order valence-electron chi connectivity index (χ0n) is 12.7. The van der Waals surface area contributed by atoms with E-state index in [0.29, 0.717) is 6.54 Å². The van der Waals surface area contributed by atoms with Crippen LogP contribution < -0.4 is 11.0 Å². The lowest BCUT2D eigenvalue weighted by atomic mass is 10.1. The third-order valence-corrected chi connectivity index (χ3v) is 3.81. The summed E-state index contributed by atoms with van der Waals surface area (Å²) in [5.74, 6) is 0.145. The highest BCUT2D eigenvalue weighted by Crippen LogP contribution is 2.27. The summed E-state index contributed by atoms with van der Waals surface area (Å²) in [5, 5.41) is 31.7. The van der Waals surface area contributed by atoms with Crippen LogP contribution in [0.1, 0.15) is 11.8 Å². The molecule has 0 radical (unpaired) electrons. The number of hydrogen-bond donors (Lipinski definition) is 4. The van der Waals surface area contributed by atoms with Gasteiger partial charge in [-0.3, -0.25) is 4.57 Å². The van der Waals surface area contributed by atoms with Crippen LogP contribution >= 0.6 is 0 Å². The standard InChI is InChI=1S/C15H18N4O5/c20-7-10-11(21)12(22)13(24-10)19-8-17-14(18-15(19)23)16-6-9-4-2-1-3-5-9/h1-5,8,10-13,20-22H,6-7H2,(H,16,18,23)/t10-,11-,12-,13-/m1/s1. The molecule has 0 spiro atoms. The van der Waals surface area contributed by atoms with Gasteiger partial charge in [-0.15, -0.1) is 0 Å². The number of benzene rings is 1. The van der Waals surface area contributed by atoms with E-state index >= 15 is 0 Å². The number of aromatic nitrogens is 3. The number of nitrogens with one attached hydrogen (secondary N) is 1. The highest BCUT2D eigenvalue weighted by molar-refractivity contribution is 5.25. The Bertz CT molecular complexity index is 738. The van der Waals surface area contributed by atoms with Crippen LogP contribution in [-0.4, -0.2) is 54.8 Å². The third kappa shape index (κ3) is 3.29. The fourth-order valence-electron chi connectivity index (χ4n) is 2.49. The van der Waals surface area contributed by atoms with E-state index in [0.717, 1.165) is 10.1 Å². The second-order valence-electron chi connectivity index (χ2n) is 5.44. The van der Waals surface area contributed by atoms with Crippen LogP contribution in [0.25, 0.3) is 0 Å². The Hall–Kier alpha value is -2.33. The second-order valence-corrected chi connectivity index (χ2v) is 5.44. The third-order valence-electron chi connectivity index (χ3n) is 3.81. The average Bonchev–Trinajstić information content (AvgIpc) is 2.89. The molecule has 0 amide bonds. The number of ether oxygens (including phenoxy) is 1. The van der Waals surface area contributed by atoms with Crippen molar-refractivity contribution in [2.45, 2.75) is 31.1 Å². The van der Waals surface area contributed by atoms with Gasteiger partial charge in [0.15, 0.2) is 6.23 Å². The Morgan fingerprint density at radius 1 is 1.21 bits per heavy atom. The zero-order valence-corrected chi connectivity index (χ0v) is 12.7. The van der Waals surface area contributed by atoms with Gasteiger partial charge in [-0.25, -0.2) is 9.78 Å². The molecule has 1 aliphatic rings. The van der Waals surface area contributed by atoms with Crippen LogP contribution in [0.15, 0.2) is 41.5 Å². The minimum atomic E-state index is -1.36. The van der Waals surface area contributed by atoms with Crippen molar-refractivity contribution in [1.82, 2.24) is 14.5 Å². The molecule has 1 fully saturated rings. The van der Waals surface area contributed by atoms with Crippen molar-refractivity contribution in [3.63, 3.8) is 0 Å². The molecule has 4 atom stereocenters. The highest BCUT2D eigenvalue weighted by atomic mass is 16.6. The van der Waals surface area contributed by atoms with Crippen molar-refractivity contribution in [3.8, 4) is 0 Å². The summed E-state index contributed by atoms with van der Waals surface area (Å²) in [6.45, 7) is -0.0147. The molecule has 0 unspecified atom stereocenters. The van der Waals surface area contributed by atoms with Crippen molar-refractivity contribution in [2.24, 2.45) is 0 Å². The van der Waals surface area contributed by atoms with Crippen molar-refractivity contribution >= 4 is 5.95 Å². The summed E-state index contributed by atoms with van der Waals surface area (Å²) in [5.41, 5.74) is 0.323. The van der Waals surface area contributed by atoms with E-state index in [1.54, 1.807) is 0 Å². The summed E-state index contributed by atoms with van der Waals surface area (Å²) in [6.07, 6.45) is -3.57. The van der Waals surface area contributed by atoms with E-state index in [-0.39, 0.29) is 5.95 Å². The van der Waals surface area contributed by atoms with Crippen molar-refractivity contribution in [1.29, 1.82) is 0 Å².